The molecule has 1 aliphatic rings. The molecule has 164 valence electrons. The predicted octanol–water partition coefficient (Wildman–Crippen LogP) is 2.06. The van der Waals surface area contributed by atoms with Gasteiger partial charge in [0, 0.05) is 37.3 Å². The third kappa shape index (κ3) is 4.08. The van der Waals surface area contributed by atoms with E-state index in [2.05, 4.69) is 0 Å². The van der Waals surface area contributed by atoms with E-state index in [4.69, 9.17) is 16.0 Å². The van der Waals surface area contributed by atoms with Crippen LogP contribution in [-0.2, 0) is 21.4 Å². The van der Waals surface area contributed by atoms with Gasteiger partial charge in [0.2, 0.25) is 15.9 Å². The fourth-order valence-corrected chi connectivity index (χ4v) is 4.99. The van der Waals surface area contributed by atoms with Crippen molar-refractivity contribution in [3.63, 3.8) is 0 Å². The van der Waals surface area contributed by atoms with Crippen LogP contribution in [-0.4, -0.2) is 54.3 Å². The first-order chi connectivity index (χ1) is 14.7. The molecular weight excluding hydrogens is 456 g/mol. The number of hydrogen-bond acceptors (Lipinski definition) is 5. The second kappa shape index (κ2) is 8.06. The number of nitrogens with zero attached hydrogens (tertiary/aromatic N) is 3. The highest BCUT2D eigenvalue weighted by atomic mass is 35.5. The first-order valence-corrected chi connectivity index (χ1v) is 11.0. The maximum atomic E-state index is 13.4. The Hall–Kier alpha value is -2.76. The number of hydrogen-bond donors (Lipinski definition) is 0. The quantitative estimate of drug-likeness (QED) is 0.580. The largest absolute Gasteiger partial charge is 0.420 e. The summed E-state index contributed by atoms with van der Waals surface area (Å²) in [5.41, 5.74) is 0.676. The Morgan fingerprint density at radius 2 is 1.74 bits per heavy atom. The molecule has 1 fully saturated rings. The van der Waals surface area contributed by atoms with Crippen LogP contribution < -0.4 is 5.76 Å². The van der Waals surface area contributed by atoms with Gasteiger partial charge in [0.1, 0.15) is 6.54 Å². The Kier molecular flexibility index (Phi) is 5.58. The van der Waals surface area contributed by atoms with Gasteiger partial charge in [-0.2, -0.15) is 4.31 Å². The molecule has 3 aromatic rings. The van der Waals surface area contributed by atoms with E-state index in [9.17, 15) is 26.8 Å². The lowest BCUT2D eigenvalue weighted by Gasteiger charge is -2.34. The zero-order chi connectivity index (χ0) is 22.3. The van der Waals surface area contributed by atoms with Gasteiger partial charge in [-0.15, -0.1) is 0 Å². The molecule has 2 heterocycles. The molecule has 0 radical (unpaired) electrons. The van der Waals surface area contributed by atoms with E-state index in [-0.39, 0.29) is 49.1 Å². The summed E-state index contributed by atoms with van der Waals surface area (Å²) in [7, 11) is -4.03. The van der Waals surface area contributed by atoms with Crippen LogP contribution in [0.4, 0.5) is 8.78 Å². The summed E-state index contributed by atoms with van der Waals surface area (Å²) in [6.07, 6.45) is 0. The summed E-state index contributed by atoms with van der Waals surface area (Å²) in [5, 5.41) is 0.387. The lowest BCUT2D eigenvalue weighted by molar-refractivity contribution is -0.133. The number of oxazole rings is 1. The molecule has 31 heavy (non-hydrogen) atoms. The van der Waals surface area contributed by atoms with Gasteiger partial charge in [-0.3, -0.25) is 9.36 Å². The van der Waals surface area contributed by atoms with E-state index in [1.807, 2.05) is 0 Å². The number of sulfonamides is 1. The Balaban J connectivity index is 1.45. The van der Waals surface area contributed by atoms with Crippen molar-refractivity contribution >= 4 is 38.6 Å². The van der Waals surface area contributed by atoms with Gasteiger partial charge in [0.15, 0.2) is 17.2 Å². The average Bonchev–Trinajstić information content (AvgIpc) is 3.04. The molecule has 1 aromatic heterocycles. The molecule has 12 heteroatoms. The minimum atomic E-state index is -4.03. The molecule has 1 amide bonds. The Morgan fingerprint density at radius 3 is 2.42 bits per heavy atom. The van der Waals surface area contributed by atoms with Crippen LogP contribution in [0.1, 0.15) is 0 Å². The molecule has 0 bridgehead atoms. The molecule has 1 saturated heterocycles. The summed E-state index contributed by atoms with van der Waals surface area (Å²) in [6.45, 7) is -0.160. The first kappa shape index (κ1) is 21.5. The molecule has 2 aromatic carbocycles. The second-order valence-electron chi connectivity index (χ2n) is 6.93. The fourth-order valence-electron chi connectivity index (χ4n) is 3.39. The molecule has 4 rings (SSSR count). The Morgan fingerprint density at radius 1 is 1.03 bits per heavy atom. The molecule has 0 N–H and O–H groups in total. The summed E-state index contributed by atoms with van der Waals surface area (Å²) in [5.74, 6) is -3.48. The smallest absolute Gasteiger partial charge is 0.408 e. The number of piperazine rings is 1. The number of amides is 1. The molecule has 0 saturated carbocycles. The van der Waals surface area contributed by atoms with Crippen LogP contribution in [0.5, 0.6) is 0 Å². The number of fused-ring (bicyclic) bond motifs is 1. The van der Waals surface area contributed by atoms with Gasteiger partial charge in [-0.05, 0) is 30.3 Å². The number of halogens is 3. The highest BCUT2D eigenvalue weighted by Crippen LogP contribution is 2.21. The standard InChI is InChI=1S/C19H16ClF2N3O5S/c20-12-1-4-16-17(9-12)30-19(27)25(16)11-18(26)23-5-7-24(8-6-23)31(28,29)13-2-3-14(21)15(22)10-13/h1-4,9-10H,5-8,11H2. The van der Waals surface area contributed by atoms with Crippen molar-refractivity contribution in [2.45, 2.75) is 11.4 Å². The highest BCUT2D eigenvalue weighted by Gasteiger charge is 2.31. The van der Waals surface area contributed by atoms with Crippen LogP contribution in [0.25, 0.3) is 11.1 Å². The number of benzene rings is 2. The second-order valence-corrected chi connectivity index (χ2v) is 9.30. The molecule has 8 nitrogen and oxygen atoms in total. The highest BCUT2D eigenvalue weighted by molar-refractivity contribution is 7.89. The molecule has 0 unspecified atom stereocenters. The number of carbonyl (C=O) groups is 1. The van der Waals surface area contributed by atoms with Gasteiger partial charge in [0.25, 0.3) is 0 Å². The molecular formula is C19H16ClF2N3O5S. The average molecular weight is 472 g/mol. The van der Waals surface area contributed by atoms with Gasteiger partial charge in [-0.1, -0.05) is 11.6 Å². The van der Waals surface area contributed by atoms with Crippen LogP contribution in [0, 0.1) is 11.6 Å². The van der Waals surface area contributed by atoms with E-state index in [1.54, 1.807) is 12.1 Å². The Labute approximate surface area is 180 Å². The van der Waals surface area contributed by atoms with Gasteiger partial charge in [0.05, 0.1) is 10.4 Å². The van der Waals surface area contributed by atoms with Crippen molar-refractivity contribution in [2.24, 2.45) is 0 Å². The monoisotopic (exact) mass is 471 g/mol. The first-order valence-electron chi connectivity index (χ1n) is 9.19. The fraction of sp³-hybridized carbons (Fsp3) is 0.263. The normalized spacial score (nSPS) is 15.5. The number of carbonyl (C=O) groups excluding carboxylic acids is 1. The molecule has 0 spiro atoms. The minimum Gasteiger partial charge on any atom is -0.408 e. The van der Waals surface area contributed by atoms with Gasteiger partial charge in [-0.25, -0.2) is 22.0 Å². The third-order valence-corrected chi connectivity index (χ3v) is 7.17. The van der Waals surface area contributed by atoms with Crippen molar-refractivity contribution in [1.82, 2.24) is 13.8 Å². The minimum absolute atomic E-state index is 0.0241. The maximum Gasteiger partial charge on any atom is 0.420 e. The van der Waals surface area contributed by atoms with E-state index in [1.165, 1.54) is 15.5 Å². The summed E-state index contributed by atoms with van der Waals surface area (Å²) >= 11 is 5.88. The number of rotatable bonds is 4. The maximum absolute atomic E-state index is 13.4. The van der Waals surface area contributed by atoms with Crippen molar-refractivity contribution in [3.8, 4) is 0 Å². The number of aromatic nitrogens is 1. The molecule has 0 aliphatic carbocycles. The summed E-state index contributed by atoms with van der Waals surface area (Å²) in [6, 6.07) is 6.99. The lowest BCUT2D eigenvalue weighted by atomic mass is 10.3. The van der Waals surface area contributed by atoms with Gasteiger partial charge >= 0.3 is 5.76 Å². The summed E-state index contributed by atoms with van der Waals surface area (Å²) in [4.78, 5) is 25.8. The van der Waals surface area contributed by atoms with E-state index in [0.717, 1.165) is 16.4 Å². The van der Waals surface area contributed by atoms with Crippen LogP contribution >= 0.6 is 11.6 Å². The van der Waals surface area contributed by atoms with Crippen LogP contribution in [0.15, 0.2) is 50.5 Å². The van der Waals surface area contributed by atoms with Crippen LogP contribution in [0.2, 0.25) is 5.02 Å². The van der Waals surface area contributed by atoms with Gasteiger partial charge < -0.3 is 9.32 Å². The van der Waals surface area contributed by atoms with E-state index >= 15 is 0 Å². The van der Waals surface area contributed by atoms with Crippen molar-refractivity contribution in [2.75, 3.05) is 26.2 Å². The zero-order valence-electron chi connectivity index (χ0n) is 15.9. The van der Waals surface area contributed by atoms with Crippen LogP contribution in [0.3, 0.4) is 0 Å². The van der Waals surface area contributed by atoms with Crippen molar-refractivity contribution in [3.05, 3.63) is 63.6 Å². The SMILES string of the molecule is O=C(Cn1c(=O)oc2cc(Cl)ccc21)N1CCN(S(=O)(=O)c2ccc(F)c(F)c2)CC1. The van der Waals surface area contributed by atoms with Crippen molar-refractivity contribution in [1.29, 1.82) is 0 Å². The van der Waals surface area contributed by atoms with E-state index < -0.39 is 27.4 Å². The van der Waals surface area contributed by atoms with E-state index in [0.29, 0.717) is 16.6 Å². The molecule has 0 atom stereocenters. The topological polar surface area (TPSA) is 92.8 Å². The summed E-state index contributed by atoms with van der Waals surface area (Å²) < 4.78 is 59.3. The lowest BCUT2D eigenvalue weighted by Crippen LogP contribution is -2.51. The zero-order valence-corrected chi connectivity index (χ0v) is 17.5. The molecule has 1 aliphatic heterocycles. The predicted molar refractivity (Wildman–Crippen MR) is 107 cm³/mol. The van der Waals surface area contributed by atoms with Crippen molar-refractivity contribution < 1.29 is 26.4 Å². The third-order valence-electron chi connectivity index (χ3n) is 5.04. The Bertz CT molecular complexity index is 1330.